The van der Waals surface area contributed by atoms with E-state index in [4.69, 9.17) is 0 Å². The fourth-order valence-electron chi connectivity index (χ4n) is 2.92. The number of fused-ring (bicyclic) bond motifs is 1. The van der Waals surface area contributed by atoms with Crippen LogP contribution in [-0.4, -0.2) is 42.2 Å². The lowest BCUT2D eigenvalue weighted by atomic mass is 10.0. The summed E-state index contributed by atoms with van der Waals surface area (Å²) in [4.78, 5) is 15.9. The maximum Gasteiger partial charge on any atom is 0.236 e. The molecule has 2 aliphatic rings. The van der Waals surface area contributed by atoms with Crippen LogP contribution in [0.3, 0.4) is 0 Å². The van der Waals surface area contributed by atoms with Crippen LogP contribution in [0.2, 0.25) is 0 Å². The van der Waals surface area contributed by atoms with Gasteiger partial charge in [-0.05, 0) is 44.0 Å². The van der Waals surface area contributed by atoms with Gasteiger partial charge in [0.05, 0.1) is 5.25 Å². The van der Waals surface area contributed by atoms with E-state index < -0.39 is 0 Å². The Morgan fingerprint density at radius 1 is 1.30 bits per heavy atom. The Hall–Kier alpha value is -0.710. The van der Waals surface area contributed by atoms with Gasteiger partial charge in [0.1, 0.15) is 0 Å². The maximum atomic E-state index is 12.6. The van der Waals surface area contributed by atoms with E-state index in [9.17, 15) is 4.79 Å². The number of hydrogen-bond acceptors (Lipinski definition) is 3. The first-order valence-corrected chi connectivity index (χ1v) is 7.85. The highest BCUT2D eigenvalue weighted by atomic mass is 35.5. The minimum Gasteiger partial charge on any atom is -0.342 e. The highest BCUT2D eigenvalue weighted by molar-refractivity contribution is 8.01. The third-order valence-corrected chi connectivity index (χ3v) is 5.43. The largest absolute Gasteiger partial charge is 0.342 e. The van der Waals surface area contributed by atoms with Gasteiger partial charge in [-0.3, -0.25) is 4.79 Å². The molecule has 2 heterocycles. The van der Waals surface area contributed by atoms with Gasteiger partial charge >= 0.3 is 0 Å². The molecule has 1 atom stereocenters. The molecule has 1 unspecified atom stereocenters. The molecule has 1 saturated heterocycles. The molecule has 0 aromatic heterocycles. The molecule has 0 spiro atoms. The zero-order valence-electron chi connectivity index (χ0n) is 11.7. The Bertz CT molecular complexity index is 452. The molecular formula is C15H21ClN2OS. The van der Waals surface area contributed by atoms with Gasteiger partial charge in [-0.2, -0.15) is 0 Å². The summed E-state index contributed by atoms with van der Waals surface area (Å²) in [7, 11) is 1.97. The van der Waals surface area contributed by atoms with Crippen LogP contribution in [-0.2, 0) is 11.2 Å². The Balaban J connectivity index is 0.00000147. The molecule has 0 radical (unpaired) electrons. The van der Waals surface area contributed by atoms with E-state index in [0.717, 1.165) is 32.4 Å². The summed E-state index contributed by atoms with van der Waals surface area (Å²) in [5.41, 5.74) is 1.32. The molecule has 5 heteroatoms. The van der Waals surface area contributed by atoms with Crippen molar-refractivity contribution < 1.29 is 4.79 Å². The van der Waals surface area contributed by atoms with Crippen molar-refractivity contribution in [1.29, 1.82) is 0 Å². The molecule has 1 fully saturated rings. The Morgan fingerprint density at radius 3 is 2.70 bits per heavy atom. The van der Waals surface area contributed by atoms with Crippen molar-refractivity contribution in [2.24, 2.45) is 0 Å². The molecule has 3 rings (SSSR count). The van der Waals surface area contributed by atoms with Crippen molar-refractivity contribution in [3.63, 3.8) is 0 Å². The molecule has 0 aliphatic carbocycles. The van der Waals surface area contributed by atoms with Gasteiger partial charge < -0.3 is 10.2 Å². The molecule has 20 heavy (non-hydrogen) atoms. The highest BCUT2D eigenvalue weighted by Gasteiger charge is 2.32. The fourth-order valence-corrected chi connectivity index (χ4v) is 4.22. The second-order valence-corrected chi connectivity index (χ2v) is 6.59. The number of carbonyl (C=O) groups is 1. The second kappa shape index (κ2) is 6.83. The number of nitrogens with one attached hydrogen (secondary N) is 1. The van der Waals surface area contributed by atoms with E-state index in [-0.39, 0.29) is 17.7 Å². The molecule has 3 nitrogen and oxygen atoms in total. The van der Waals surface area contributed by atoms with E-state index in [2.05, 4.69) is 29.6 Å². The van der Waals surface area contributed by atoms with Crippen LogP contribution in [0.5, 0.6) is 0 Å². The Kier molecular flexibility index (Phi) is 5.35. The van der Waals surface area contributed by atoms with Crippen molar-refractivity contribution in [1.82, 2.24) is 10.2 Å². The normalized spacial score (nSPS) is 21.9. The monoisotopic (exact) mass is 312 g/mol. The average Bonchev–Trinajstić information content (AvgIpc) is 2.90. The van der Waals surface area contributed by atoms with Gasteiger partial charge in [0.2, 0.25) is 5.91 Å². The molecule has 0 bridgehead atoms. The molecule has 1 aromatic rings. The summed E-state index contributed by atoms with van der Waals surface area (Å²) in [5.74, 6) is 0.299. The number of piperidine rings is 1. The van der Waals surface area contributed by atoms with Crippen LogP contribution in [0.1, 0.15) is 18.4 Å². The first-order valence-electron chi connectivity index (χ1n) is 6.97. The van der Waals surface area contributed by atoms with Crippen LogP contribution in [0.4, 0.5) is 0 Å². The fraction of sp³-hybridized carbons (Fsp3) is 0.533. The number of carbonyl (C=O) groups excluding carboxylic acids is 1. The number of halogens is 1. The van der Waals surface area contributed by atoms with E-state index in [1.165, 1.54) is 10.5 Å². The maximum absolute atomic E-state index is 12.6. The second-order valence-electron chi connectivity index (χ2n) is 5.35. The quantitative estimate of drug-likeness (QED) is 0.910. The predicted octanol–water partition coefficient (Wildman–Crippen LogP) is 2.34. The summed E-state index contributed by atoms with van der Waals surface area (Å²) >= 11 is 1.73. The SMILES string of the molecule is CN(C(=O)C1Cc2ccccc2S1)C1CCNCC1.Cl. The van der Waals surface area contributed by atoms with Crippen molar-refractivity contribution in [2.75, 3.05) is 20.1 Å². The first-order chi connectivity index (χ1) is 9.25. The van der Waals surface area contributed by atoms with Crippen LogP contribution >= 0.6 is 24.2 Å². The smallest absolute Gasteiger partial charge is 0.236 e. The Morgan fingerprint density at radius 2 is 2.00 bits per heavy atom. The van der Waals surface area contributed by atoms with Gasteiger partial charge in [0.15, 0.2) is 0 Å². The van der Waals surface area contributed by atoms with Gasteiger partial charge in [-0.25, -0.2) is 0 Å². The number of nitrogens with zero attached hydrogens (tertiary/aromatic N) is 1. The third-order valence-electron chi connectivity index (χ3n) is 4.13. The summed E-state index contributed by atoms with van der Waals surface area (Å²) in [6.45, 7) is 2.06. The molecule has 1 aromatic carbocycles. The number of rotatable bonds is 2. The summed E-state index contributed by atoms with van der Waals surface area (Å²) in [6.07, 6.45) is 3.04. The summed E-state index contributed by atoms with van der Waals surface area (Å²) < 4.78 is 0. The molecule has 1 amide bonds. The van der Waals surface area contributed by atoms with Crippen LogP contribution in [0.25, 0.3) is 0 Å². The van der Waals surface area contributed by atoms with E-state index in [0.29, 0.717) is 11.9 Å². The van der Waals surface area contributed by atoms with Gasteiger partial charge in [0.25, 0.3) is 0 Å². The minimum absolute atomic E-state index is 0. The van der Waals surface area contributed by atoms with E-state index >= 15 is 0 Å². The lowest BCUT2D eigenvalue weighted by Gasteiger charge is -2.33. The lowest BCUT2D eigenvalue weighted by molar-refractivity contribution is -0.131. The first kappa shape index (κ1) is 15.7. The average molecular weight is 313 g/mol. The number of benzene rings is 1. The highest BCUT2D eigenvalue weighted by Crippen LogP contribution is 2.37. The third kappa shape index (κ3) is 3.13. The van der Waals surface area contributed by atoms with Crippen molar-refractivity contribution in [2.45, 2.75) is 35.4 Å². The number of hydrogen-bond donors (Lipinski definition) is 1. The van der Waals surface area contributed by atoms with Crippen molar-refractivity contribution in [3.8, 4) is 0 Å². The summed E-state index contributed by atoms with van der Waals surface area (Å²) in [5, 5.41) is 3.43. The number of thioether (sulfide) groups is 1. The van der Waals surface area contributed by atoms with Crippen LogP contribution < -0.4 is 5.32 Å². The molecule has 110 valence electrons. The molecule has 0 saturated carbocycles. The lowest BCUT2D eigenvalue weighted by Crippen LogP contribution is -2.46. The minimum atomic E-state index is 0. The predicted molar refractivity (Wildman–Crippen MR) is 85.7 cm³/mol. The molecule has 2 aliphatic heterocycles. The van der Waals surface area contributed by atoms with Crippen LogP contribution in [0, 0.1) is 0 Å². The zero-order chi connectivity index (χ0) is 13.2. The topological polar surface area (TPSA) is 32.3 Å². The standard InChI is InChI=1S/C15H20N2OS.ClH/c1-17(12-6-8-16-9-7-12)15(18)14-10-11-4-2-3-5-13(11)19-14;/h2-5,12,14,16H,6-10H2,1H3;1H. The van der Waals surface area contributed by atoms with Crippen molar-refractivity contribution in [3.05, 3.63) is 29.8 Å². The van der Waals surface area contributed by atoms with E-state index in [1.807, 2.05) is 11.9 Å². The molecular weight excluding hydrogens is 292 g/mol. The Labute approximate surface area is 130 Å². The summed E-state index contributed by atoms with van der Waals surface area (Å²) in [6, 6.07) is 8.79. The van der Waals surface area contributed by atoms with Gasteiger partial charge in [0, 0.05) is 18.0 Å². The zero-order valence-corrected chi connectivity index (χ0v) is 13.3. The van der Waals surface area contributed by atoms with Crippen LogP contribution in [0.15, 0.2) is 29.2 Å². The molecule has 1 N–H and O–H groups in total. The van der Waals surface area contributed by atoms with E-state index in [1.54, 1.807) is 11.8 Å². The van der Waals surface area contributed by atoms with Crippen molar-refractivity contribution >= 4 is 30.1 Å². The van der Waals surface area contributed by atoms with Gasteiger partial charge in [-0.15, -0.1) is 24.2 Å². The van der Waals surface area contributed by atoms with Gasteiger partial charge in [-0.1, -0.05) is 18.2 Å². The number of amides is 1.